The monoisotopic (exact) mass is 581 g/mol. The minimum Gasteiger partial charge on any atom is -0.369 e. The second-order valence-electron chi connectivity index (χ2n) is 10.1. The van der Waals surface area contributed by atoms with Gasteiger partial charge in [-0.3, -0.25) is 14.9 Å². The Labute approximate surface area is 242 Å². The summed E-state index contributed by atoms with van der Waals surface area (Å²) in [5, 5.41) is 17.8. The topological polar surface area (TPSA) is 119 Å². The third-order valence-corrected chi connectivity index (χ3v) is 9.41. The van der Waals surface area contributed by atoms with Crippen molar-refractivity contribution in [3.8, 4) is 16.9 Å². The number of piperazine rings is 1. The van der Waals surface area contributed by atoms with Crippen LogP contribution in [0.25, 0.3) is 27.7 Å². The molecule has 0 amide bonds. The number of sulfonamides is 1. The average molecular weight is 582 g/mol. The fourth-order valence-corrected chi connectivity index (χ4v) is 6.68. The summed E-state index contributed by atoms with van der Waals surface area (Å²) in [5.41, 5.74) is 2.32. The summed E-state index contributed by atoms with van der Waals surface area (Å²) in [6.45, 7) is 3.21. The molecule has 0 radical (unpaired) electrons. The minimum atomic E-state index is -3.64. The molecule has 0 aliphatic carbocycles. The highest BCUT2D eigenvalue weighted by atomic mass is 32.2. The summed E-state index contributed by atoms with van der Waals surface area (Å²) in [5.74, 6) is 0. The summed E-state index contributed by atoms with van der Waals surface area (Å²) < 4.78 is 28.7. The quantitative estimate of drug-likeness (QED) is 0.209. The molecule has 0 atom stereocenters. The number of aromatic nitrogens is 2. The van der Waals surface area contributed by atoms with Gasteiger partial charge in [0.05, 0.1) is 20.9 Å². The summed E-state index contributed by atoms with van der Waals surface area (Å²) in [4.78, 5) is 27.5. The molecule has 6 rings (SSSR count). The van der Waals surface area contributed by atoms with E-state index in [1.165, 1.54) is 10.4 Å². The van der Waals surface area contributed by atoms with Crippen molar-refractivity contribution in [2.75, 3.05) is 31.1 Å². The van der Waals surface area contributed by atoms with E-state index in [1.807, 2.05) is 48.2 Å². The number of aryl methyl sites for hydroxylation is 1. The number of hydrogen-bond acceptors (Lipinski definition) is 7. The SMILES string of the molecule is Cc1ccc(-c2nn(-c3cc(N4CCN(S(=O)(=O)c5ccccc5)CC4)ccc3[N+](=O)[O-])c(=O)c3ccccc23)cc1. The second kappa shape index (κ2) is 10.8. The van der Waals surface area contributed by atoms with E-state index in [1.54, 1.807) is 54.6 Å². The van der Waals surface area contributed by atoms with E-state index in [9.17, 15) is 23.3 Å². The predicted octanol–water partition coefficient (Wildman–Crippen LogP) is 4.78. The molecular weight excluding hydrogens is 554 g/mol. The summed E-state index contributed by atoms with van der Waals surface area (Å²) in [6.07, 6.45) is 0. The molecule has 0 bridgehead atoms. The molecule has 1 aliphatic rings. The molecule has 42 heavy (non-hydrogen) atoms. The van der Waals surface area contributed by atoms with Crippen molar-refractivity contribution >= 4 is 32.2 Å². The van der Waals surface area contributed by atoms with Crippen molar-refractivity contribution < 1.29 is 13.3 Å². The van der Waals surface area contributed by atoms with E-state index in [-0.39, 0.29) is 29.4 Å². The molecule has 0 unspecified atom stereocenters. The molecule has 0 saturated carbocycles. The van der Waals surface area contributed by atoms with Crippen LogP contribution in [0.1, 0.15) is 5.56 Å². The number of anilines is 1. The van der Waals surface area contributed by atoms with Crippen molar-refractivity contribution in [1.82, 2.24) is 14.1 Å². The number of rotatable bonds is 6. The van der Waals surface area contributed by atoms with Crippen LogP contribution in [0.2, 0.25) is 0 Å². The second-order valence-corrected chi connectivity index (χ2v) is 12.0. The first-order valence-corrected chi connectivity index (χ1v) is 14.9. The van der Waals surface area contributed by atoms with Gasteiger partial charge in [0.25, 0.3) is 11.2 Å². The van der Waals surface area contributed by atoms with Crippen LogP contribution in [-0.4, -0.2) is 53.6 Å². The standard InChI is InChI=1S/C31H27N5O5S/c1-22-11-13-23(14-12-22)30-26-9-5-6-10-27(26)31(37)35(32-30)29-21-24(15-16-28(29)36(38)39)33-17-19-34(20-18-33)42(40,41)25-7-3-2-4-8-25/h2-16,21H,17-20H2,1H3. The Bertz CT molecular complexity index is 1970. The lowest BCUT2D eigenvalue weighted by Crippen LogP contribution is -2.48. The van der Waals surface area contributed by atoms with Crippen molar-refractivity contribution in [1.29, 1.82) is 0 Å². The smallest absolute Gasteiger partial charge is 0.295 e. The van der Waals surface area contributed by atoms with Gasteiger partial charge in [-0.2, -0.15) is 14.1 Å². The van der Waals surface area contributed by atoms with Gasteiger partial charge < -0.3 is 4.90 Å². The number of nitrogens with zero attached hydrogens (tertiary/aromatic N) is 5. The van der Waals surface area contributed by atoms with E-state index in [4.69, 9.17) is 0 Å². The average Bonchev–Trinajstić information content (AvgIpc) is 3.02. The zero-order valence-corrected chi connectivity index (χ0v) is 23.6. The van der Waals surface area contributed by atoms with Crippen LogP contribution in [0.15, 0.2) is 107 Å². The van der Waals surface area contributed by atoms with Crippen LogP contribution in [-0.2, 0) is 10.0 Å². The molecule has 4 aromatic carbocycles. The fraction of sp³-hybridized carbons (Fsp3) is 0.161. The van der Waals surface area contributed by atoms with Crippen molar-refractivity contribution in [2.24, 2.45) is 0 Å². The van der Waals surface area contributed by atoms with Gasteiger partial charge in [-0.05, 0) is 37.3 Å². The highest BCUT2D eigenvalue weighted by Crippen LogP contribution is 2.31. The lowest BCUT2D eigenvalue weighted by atomic mass is 10.0. The van der Waals surface area contributed by atoms with Crippen molar-refractivity contribution in [2.45, 2.75) is 11.8 Å². The van der Waals surface area contributed by atoms with Gasteiger partial charge in [-0.1, -0.05) is 66.2 Å². The first kappa shape index (κ1) is 27.3. The zero-order chi connectivity index (χ0) is 29.4. The Hall–Kier alpha value is -4.87. The maximum atomic E-state index is 13.7. The van der Waals surface area contributed by atoms with E-state index < -0.39 is 20.5 Å². The summed E-state index contributed by atoms with van der Waals surface area (Å²) >= 11 is 0. The Morgan fingerprint density at radius 1 is 0.810 bits per heavy atom. The molecule has 5 aromatic rings. The number of benzene rings is 4. The molecule has 1 aromatic heterocycles. The summed E-state index contributed by atoms with van der Waals surface area (Å²) in [7, 11) is -3.64. The Morgan fingerprint density at radius 2 is 1.45 bits per heavy atom. The molecule has 1 saturated heterocycles. The molecule has 2 heterocycles. The van der Waals surface area contributed by atoms with Crippen LogP contribution < -0.4 is 10.5 Å². The molecule has 1 aliphatic heterocycles. The van der Waals surface area contributed by atoms with E-state index >= 15 is 0 Å². The largest absolute Gasteiger partial charge is 0.369 e. The lowest BCUT2D eigenvalue weighted by molar-refractivity contribution is -0.384. The molecule has 0 spiro atoms. The maximum Gasteiger partial charge on any atom is 0.295 e. The molecule has 212 valence electrons. The number of nitro benzene ring substituents is 1. The van der Waals surface area contributed by atoms with Crippen LogP contribution in [0.3, 0.4) is 0 Å². The highest BCUT2D eigenvalue weighted by molar-refractivity contribution is 7.89. The molecule has 1 fully saturated rings. The third-order valence-electron chi connectivity index (χ3n) is 7.50. The van der Waals surface area contributed by atoms with Gasteiger partial charge in [-0.15, -0.1) is 0 Å². The first-order valence-electron chi connectivity index (χ1n) is 13.4. The van der Waals surface area contributed by atoms with Gasteiger partial charge in [-0.25, -0.2) is 8.42 Å². The van der Waals surface area contributed by atoms with Gasteiger partial charge in [0, 0.05) is 48.9 Å². The van der Waals surface area contributed by atoms with Crippen molar-refractivity contribution in [3.63, 3.8) is 0 Å². The van der Waals surface area contributed by atoms with E-state index in [0.29, 0.717) is 35.2 Å². The third kappa shape index (κ3) is 4.93. The minimum absolute atomic E-state index is 0.0425. The molecular formula is C31H27N5O5S. The van der Waals surface area contributed by atoms with E-state index in [0.717, 1.165) is 15.8 Å². The lowest BCUT2D eigenvalue weighted by Gasteiger charge is -2.35. The number of fused-ring (bicyclic) bond motifs is 1. The molecule has 10 nitrogen and oxygen atoms in total. The van der Waals surface area contributed by atoms with Crippen molar-refractivity contribution in [3.05, 3.63) is 123 Å². The molecule has 11 heteroatoms. The first-order chi connectivity index (χ1) is 20.2. The number of nitro groups is 1. The van der Waals surface area contributed by atoms with Gasteiger partial charge >= 0.3 is 0 Å². The van der Waals surface area contributed by atoms with Crippen LogP contribution >= 0.6 is 0 Å². The normalized spacial score (nSPS) is 14.3. The van der Waals surface area contributed by atoms with Gasteiger partial charge in [0.15, 0.2) is 0 Å². The Morgan fingerprint density at radius 3 is 2.12 bits per heavy atom. The van der Waals surface area contributed by atoms with E-state index in [2.05, 4.69) is 5.10 Å². The molecule has 0 N–H and O–H groups in total. The Kier molecular flexibility index (Phi) is 7.05. The summed E-state index contributed by atoms with van der Waals surface area (Å²) in [6, 6.07) is 27.7. The van der Waals surface area contributed by atoms with Crippen LogP contribution in [0.5, 0.6) is 0 Å². The van der Waals surface area contributed by atoms with Crippen LogP contribution in [0.4, 0.5) is 11.4 Å². The van der Waals surface area contributed by atoms with Gasteiger partial charge in [0.1, 0.15) is 5.69 Å². The van der Waals surface area contributed by atoms with Gasteiger partial charge in [0.2, 0.25) is 10.0 Å². The number of hydrogen-bond donors (Lipinski definition) is 0. The highest BCUT2D eigenvalue weighted by Gasteiger charge is 2.29. The predicted molar refractivity (Wildman–Crippen MR) is 162 cm³/mol. The van der Waals surface area contributed by atoms with Crippen LogP contribution in [0, 0.1) is 17.0 Å². The zero-order valence-electron chi connectivity index (χ0n) is 22.8. The Balaban J connectivity index is 1.40. The maximum absolute atomic E-state index is 13.7. The fourth-order valence-electron chi connectivity index (χ4n) is 5.24.